The number of aromatic nitrogens is 2. The van der Waals surface area contributed by atoms with E-state index in [2.05, 4.69) is 15.5 Å². The molecule has 3 aromatic rings. The van der Waals surface area contributed by atoms with E-state index in [9.17, 15) is 9.59 Å². The zero-order valence-electron chi connectivity index (χ0n) is 18.6. The molecule has 2 aliphatic heterocycles. The number of amides is 2. The van der Waals surface area contributed by atoms with E-state index in [4.69, 9.17) is 4.74 Å². The molecular weight excluding hydrogens is 423 g/mol. The number of fused-ring (bicyclic) bond motifs is 2. The number of ether oxygens (including phenoxy) is 1. The number of hydrogen-bond donors (Lipinski definition) is 1. The fourth-order valence-corrected chi connectivity index (χ4v) is 4.41. The van der Waals surface area contributed by atoms with Gasteiger partial charge in [0.2, 0.25) is 0 Å². The number of nitrogens with zero attached hydrogens (tertiary/aromatic N) is 3. The summed E-state index contributed by atoms with van der Waals surface area (Å²) in [6.07, 6.45) is 1.58. The largest absolute Gasteiger partial charge is 0.476 e. The molecule has 1 atom stereocenters. The molecule has 2 aliphatic rings. The van der Waals surface area contributed by atoms with E-state index in [-0.39, 0.29) is 24.1 Å². The van der Waals surface area contributed by atoms with Gasteiger partial charge in [-0.15, -0.1) is 0 Å². The van der Waals surface area contributed by atoms with E-state index in [0.717, 1.165) is 23.1 Å². The first-order valence-corrected chi connectivity index (χ1v) is 10.8. The number of benzene rings is 2. The van der Waals surface area contributed by atoms with Crippen molar-refractivity contribution in [2.45, 2.75) is 39.8 Å². The van der Waals surface area contributed by atoms with Gasteiger partial charge in [0.15, 0.2) is 17.7 Å². The Kier molecular flexibility index (Phi) is 5.08. The average molecular weight is 446 g/mol. The van der Waals surface area contributed by atoms with Crippen LogP contribution in [0.2, 0.25) is 0 Å². The molecule has 0 aliphatic carbocycles. The van der Waals surface area contributed by atoms with Gasteiger partial charge in [-0.05, 0) is 73.2 Å². The molecule has 7 nitrogen and oxygen atoms in total. The van der Waals surface area contributed by atoms with Crippen LogP contribution in [0.4, 0.5) is 10.1 Å². The highest BCUT2D eigenvalue weighted by molar-refractivity contribution is 6.01. The zero-order chi connectivity index (χ0) is 23.3. The number of carbonyl (C=O) groups is 2. The highest BCUT2D eigenvalue weighted by atomic mass is 19.1. The zero-order valence-corrected chi connectivity index (χ0v) is 18.6. The molecular formula is C25H23FN4O3. The van der Waals surface area contributed by atoms with Gasteiger partial charge in [0.05, 0.1) is 24.1 Å². The molecule has 0 radical (unpaired) electrons. The lowest BCUT2D eigenvalue weighted by Gasteiger charge is -2.34. The van der Waals surface area contributed by atoms with Gasteiger partial charge in [0.25, 0.3) is 11.8 Å². The molecule has 1 aromatic heterocycles. The smallest absolute Gasteiger partial charge is 0.268 e. The average Bonchev–Trinajstić information content (AvgIpc) is 2.79. The van der Waals surface area contributed by atoms with Crippen LogP contribution in [-0.4, -0.2) is 34.7 Å². The third-order valence-electron chi connectivity index (χ3n) is 6.28. The number of hydrogen-bond acceptors (Lipinski definition) is 5. The molecule has 168 valence electrons. The monoisotopic (exact) mass is 446 g/mol. The maximum Gasteiger partial charge on any atom is 0.268 e. The Morgan fingerprint density at radius 2 is 2.00 bits per heavy atom. The molecule has 5 rings (SSSR count). The fourth-order valence-electron chi connectivity index (χ4n) is 4.41. The van der Waals surface area contributed by atoms with Gasteiger partial charge in [-0.3, -0.25) is 9.59 Å². The normalized spacial score (nSPS) is 17.2. The summed E-state index contributed by atoms with van der Waals surface area (Å²) in [7, 11) is 0. The Hall–Kier alpha value is -3.81. The van der Waals surface area contributed by atoms with Gasteiger partial charge in [-0.25, -0.2) is 4.39 Å². The number of rotatable bonds is 3. The van der Waals surface area contributed by atoms with Crippen molar-refractivity contribution in [3.05, 3.63) is 70.3 Å². The van der Waals surface area contributed by atoms with Crippen molar-refractivity contribution in [3.8, 4) is 16.9 Å². The molecule has 2 aromatic carbocycles. The van der Waals surface area contributed by atoms with Crippen molar-refractivity contribution in [1.29, 1.82) is 0 Å². The van der Waals surface area contributed by atoms with Crippen molar-refractivity contribution in [3.63, 3.8) is 0 Å². The number of aryl methyl sites for hydroxylation is 2. The van der Waals surface area contributed by atoms with E-state index < -0.39 is 11.9 Å². The van der Waals surface area contributed by atoms with Crippen molar-refractivity contribution in [2.75, 3.05) is 11.4 Å². The minimum Gasteiger partial charge on any atom is -0.476 e. The number of anilines is 1. The van der Waals surface area contributed by atoms with Crippen LogP contribution >= 0.6 is 0 Å². The second-order valence-electron chi connectivity index (χ2n) is 8.46. The summed E-state index contributed by atoms with van der Waals surface area (Å²) in [6, 6.07) is 8.66. The van der Waals surface area contributed by atoms with E-state index >= 15 is 4.39 Å². The Bertz CT molecular complexity index is 1290. The van der Waals surface area contributed by atoms with Crippen molar-refractivity contribution < 1.29 is 18.7 Å². The lowest BCUT2D eigenvalue weighted by molar-refractivity contribution is -0.125. The summed E-state index contributed by atoms with van der Waals surface area (Å²) in [4.78, 5) is 26.9. The molecule has 0 bridgehead atoms. The fraction of sp³-hybridized carbons (Fsp3) is 0.280. The molecule has 3 heterocycles. The second kappa shape index (κ2) is 7.95. The van der Waals surface area contributed by atoms with Gasteiger partial charge in [0.1, 0.15) is 0 Å². The van der Waals surface area contributed by atoms with E-state index in [0.29, 0.717) is 34.6 Å². The van der Waals surface area contributed by atoms with Crippen molar-refractivity contribution in [1.82, 2.24) is 15.5 Å². The van der Waals surface area contributed by atoms with Crippen LogP contribution < -0.4 is 15.0 Å². The Morgan fingerprint density at radius 1 is 1.18 bits per heavy atom. The maximum atomic E-state index is 15.2. The third-order valence-corrected chi connectivity index (χ3v) is 6.28. The number of carbonyl (C=O) groups excluding carboxylic acids is 2. The predicted molar refractivity (Wildman–Crippen MR) is 121 cm³/mol. The van der Waals surface area contributed by atoms with Crippen molar-refractivity contribution >= 4 is 17.5 Å². The van der Waals surface area contributed by atoms with Crippen LogP contribution in [0, 0.1) is 19.7 Å². The van der Waals surface area contributed by atoms with Gasteiger partial charge >= 0.3 is 0 Å². The summed E-state index contributed by atoms with van der Waals surface area (Å²) in [5.41, 5.74) is 5.62. The Balaban J connectivity index is 1.62. The highest BCUT2D eigenvalue weighted by Gasteiger charge is 2.34. The summed E-state index contributed by atoms with van der Waals surface area (Å²) in [5.74, 6) is -0.921. The molecule has 1 N–H and O–H groups in total. The molecule has 0 saturated heterocycles. The molecule has 8 heteroatoms. The molecule has 0 saturated carbocycles. The predicted octanol–water partition coefficient (Wildman–Crippen LogP) is 3.50. The van der Waals surface area contributed by atoms with E-state index in [1.165, 1.54) is 11.0 Å². The van der Waals surface area contributed by atoms with E-state index in [1.54, 1.807) is 25.3 Å². The number of nitrogens with one attached hydrogen (secondary N) is 1. The van der Waals surface area contributed by atoms with Gasteiger partial charge < -0.3 is 15.0 Å². The van der Waals surface area contributed by atoms with Crippen LogP contribution in [0.15, 0.2) is 36.5 Å². The lowest BCUT2D eigenvalue weighted by atomic mass is 9.94. The minimum atomic E-state index is -0.819. The SMILES string of the molecule is Cc1cnnc(C)c1CN1C(=O)[C@@H](C)Oc2c(F)cc(-c3ccc4c(c3)C(=O)NCC4)cc21. The Morgan fingerprint density at radius 3 is 2.79 bits per heavy atom. The molecule has 33 heavy (non-hydrogen) atoms. The quantitative estimate of drug-likeness (QED) is 0.666. The maximum absolute atomic E-state index is 15.2. The van der Waals surface area contributed by atoms with Crippen LogP contribution in [-0.2, 0) is 17.8 Å². The van der Waals surface area contributed by atoms with Crippen LogP contribution in [0.25, 0.3) is 11.1 Å². The summed E-state index contributed by atoms with van der Waals surface area (Å²) < 4.78 is 20.9. The number of halogens is 1. The van der Waals surface area contributed by atoms with Gasteiger partial charge in [-0.2, -0.15) is 10.2 Å². The minimum absolute atomic E-state index is 0.0406. The van der Waals surface area contributed by atoms with Crippen LogP contribution in [0.3, 0.4) is 0 Å². The molecule has 0 spiro atoms. The third kappa shape index (κ3) is 3.61. The summed E-state index contributed by atoms with van der Waals surface area (Å²) >= 11 is 0. The second-order valence-corrected chi connectivity index (χ2v) is 8.46. The van der Waals surface area contributed by atoms with Gasteiger partial charge in [-0.1, -0.05) is 12.1 Å². The standard InChI is InChI=1S/C25H23FN4O3/c1-13-11-28-29-14(2)20(13)12-30-22-10-18(9-21(26)23(22)33-15(3)25(30)32)17-5-4-16-6-7-27-24(31)19(16)8-17/h4-5,8-11,15H,6-7,12H2,1-3H3,(H,27,31)/t15-/m1/s1. The first-order chi connectivity index (χ1) is 15.8. The van der Waals surface area contributed by atoms with Gasteiger partial charge in [0, 0.05) is 12.1 Å². The van der Waals surface area contributed by atoms with Crippen LogP contribution in [0.1, 0.15) is 39.7 Å². The molecule has 0 fully saturated rings. The summed E-state index contributed by atoms with van der Waals surface area (Å²) in [5, 5.41) is 10.9. The van der Waals surface area contributed by atoms with Crippen molar-refractivity contribution in [2.24, 2.45) is 0 Å². The Labute approximate surface area is 190 Å². The highest BCUT2D eigenvalue weighted by Crippen LogP contribution is 2.41. The molecule has 0 unspecified atom stereocenters. The first kappa shape index (κ1) is 21.1. The summed E-state index contributed by atoms with van der Waals surface area (Å²) in [6.45, 7) is 6.18. The van der Waals surface area contributed by atoms with E-state index in [1.807, 2.05) is 26.0 Å². The lowest BCUT2D eigenvalue weighted by Crippen LogP contribution is -2.44. The topological polar surface area (TPSA) is 84.4 Å². The van der Waals surface area contributed by atoms with Crippen LogP contribution in [0.5, 0.6) is 5.75 Å². The molecule has 2 amide bonds. The first-order valence-electron chi connectivity index (χ1n) is 10.8.